The van der Waals surface area contributed by atoms with E-state index in [2.05, 4.69) is 26.6 Å². The number of carbonyl (C=O) groups is 1. The average molecular weight is 284 g/mol. The van der Waals surface area contributed by atoms with E-state index in [9.17, 15) is 9.59 Å². The molecule has 0 unspecified atom stereocenters. The molecule has 0 fully saturated rings. The molecule has 84 valence electrons. The summed E-state index contributed by atoms with van der Waals surface area (Å²) in [7, 11) is 1.30. The predicted molar refractivity (Wildman–Crippen MR) is 63.0 cm³/mol. The Morgan fingerprint density at radius 1 is 1.62 bits per heavy atom. The number of ether oxygens (including phenoxy) is 1. The van der Waals surface area contributed by atoms with Gasteiger partial charge in [0.25, 0.3) is 5.56 Å². The molecular weight excluding hydrogens is 274 g/mol. The maximum absolute atomic E-state index is 11.6. The first-order valence-electron chi connectivity index (χ1n) is 4.48. The third kappa shape index (κ3) is 2.97. The second kappa shape index (κ2) is 5.52. The SMILES string of the molecule is C#CCn1c(Br)cc(CC(=O)OC)cc1=O. The first-order chi connectivity index (χ1) is 7.58. The molecule has 0 radical (unpaired) electrons. The molecule has 0 amide bonds. The van der Waals surface area contributed by atoms with Crippen LogP contribution in [0.4, 0.5) is 0 Å². The number of hydrogen-bond donors (Lipinski definition) is 0. The van der Waals surface area contributed by atoms with E-state index < -0.39 is 0 Å². The Hall–Kier alpha value is -1.54. The van der Waals surface area contributed by atoms with Crippen LogP contribution < -0.4 is 5.56 Å². The highest BCUT2D eigenvalue weighted by atomic mass is 79.9. The molecule has 0 N–H and O–H groups in total. The van der Waals surface area contributed by atoms with Gasteiger partial charge >= 0.3 is 5.97 Å². The van der Waals surface area contributed by atoms with Gasteiger partial charge in [-0.05, 0) is 27.6 Å². The van der Waals surface area contributed by atoms with Crippen LogP contribution in [0.25, 0.3) is 0 Å². The fourth-order valence-electron chi connectivity index (χ4n) is 1.20. The monoisotopic (exact) mass is 283 g/mol. The molecule has 0 aliphatic rings. The van der Waals surface area contributed by atoms with Crippen LogP contribution in [0.3, 0.4) is 0 Å². The summed E-state index contributed by atoms with van der Waals surface area (Å²) in [4.78, 5) is 22.6. The number of methoxy groups -OCH3 is 1. The van der Waals surface area contributed by atoms with Gasteiger partial charge in [-0.1, -0.05) is 5.92 Å². The van der Waals surface area contributed by atoms with Crippen LogP contribution >= 0.6 is 15.9 Å². The Balaban J connectivity index is 3.06. The van der Waals surface area contributed by atoms with Crippen LogP contribution in [0.2, 0.25) is 0 Å². The van der Waals surface area contributed by atoms with E-state index in [1.165, 1.54) is 17.7 Å². The largest absolute Gasteiger partial charge is 0.469 e. The predicted octanol–water partition coefficient (Wildman–Crippen LogP) is 0.960. The van der Waals surface area contributed by atoms with Crippen molar-refractivity contribution in [3.8, 4) is 12.3 Å². The molecule has 0 atom stereocenters. The average Bonchev–Trinajstić information content (AvgIpc) is 2.23. The molecule has 0 spiro atoms. The molecule has 0 saturated carbocycles. The maximum atomic E-state index is 11.6. The van der Waals surface area contributed by atoms with E-state index >= 15 is 0 Å². The minimum absolute atomic E-state index is 0.0707. The highest BCUT2D eigenvalue weighted by Crippen LogP contribution is 2.10. The topological polar surface area (TPSA) is 48.3 Å². The van der Waals surface area contributed by atoms with Gasteiger partial charge in [0.15, 0.2) is 0 Å². The zero-order valence-electron chi connectivity index (χ0n) is 8.70. The number of pyridine rings is 1. The van der Waals surface area contributed by atoms with Crippen LogP contribution in [-0.4, -0.2) is 17.6 Å². The molecule has 5 heteroatoms. The number of esters is 1. The molecule has 4 nitrogen and oxygen atoms in total. The first kappa shape index (κ1) is 12.5. The van der Waals surface area contributed by atoms with Gasteiger partial charge < -0.3 is 4.74 Å². The minimum atomic E-state index is -0.388. The van der Waals surface area contributed by atoms with Crippen molar-refractivity contribution in [1.82, 2.24) is 4.57 Å². The fraction of sp³-hybridized carbons (Fsp3) is 0.273. The van der Waals surface area contributed by atoms with E-state index in [0.717, 1.165) is 0 Å². The third-order valence-electron chi connectivity index (χ3n) is 1.96. The Kier molecular flexibility index (Phi) is 4.32. The standard InChI is InChI=1S/C11H10BrNO3/c1-3-4-13-9(12)5-8(6-10(13)14)7-11(15)16-2/h1,5-6H,4,7H2,2H3. The van der Waals surface area contributed by atoms with Gasteiger partial charge in [0, 0.05) is 6.07 Å². The summed E-state index contributed by atoms with van der Waals surface area (Å²) < 4.78 is 6.46. The minimum Gasteiger partial charge on any atom is -0.469 e. The summed E-state index contributed by atoms with van der Waals surface area (Å²) in [5, 5.41) is 0. The number of aromatic nitrogens is 1. The molecule has 0 aromatic carbocycles. The van der Waals surface area contributed by atoms with Gasteiger partial charge in [-0.3, -0.25) is 14.2 Å². The summed E-state index contributed by atoms with van der Waals surface area (Å²) in [5.41, 5.74) is 0.350. The van der Waals surface area contributed by atoms with Crippen molar-refractivity contribution in [1.29, 1.82) is 0 Å². The van der Waals surface area contributed by atoms with E-state index in [1.807, 2.05) is 0 Å². The summed E-state index contributed by atoms with van der Waals surface area (Å²) >= 11 is 3.23. The van der Waals surface area contributed by atoms with Gasteiger partial charge in [0.2, 0.25) is 0 Å². The second-order valence-electron chi connectivity index (χ2n) is 3.07. The molecular formula is C11H10BrNO3. The Bertz CT molecular complexity index is 499. The molecule has 0 bridgehead atoms. The van der Waals surface area contributed by atoms with Crippen molar-refractivity contribution in [2.75, 3.05) is 7.11 Å². The van der Waals surface area contributed by atoms with Gasteiger partial charge in [-0.15, -0.1) is 6.42 Å². The molecule has 0 saturated heterocycles. The molecule has 1 aromatic rings. The highest BCUT2D eigenvalue weighted by molar-refractivity contribution is 9.10. The smallest absolute Gasteiger partial charge is 0.309 e. The van der Waals surface area contributed by atoms with Gasteiger partial charge in [0.1, 0.15) is 0 Å². The van der Waals surface area contributed by atoms with Crippen molar-refractivity contribution >= 4 is 21.9 Å². The van der Waals surface area contributed by atoms with Crippen LogP contribution in [0.5, 0.6) is 0 Å². The summed E-state index contributed by atoms with van der Waals surface area (Å²) in [6, 6.07) is 3.05. The molecule has 0 aliphatic heterocycles. The van der Waals surface area contributed by atoms with Gasteiger partial charge in [-0.25, -0.2) is 0 Å². The van der Waals surface area contributed by atoms with Crippen LogP contribution in [0.15, 0.2) is 21.5 Å². The number of carbonyl (C=O) groups excluding carboxylic acids is 1. The van der Waals surface area contributed by atoms with E-state index in [0.29, 0.717) is 10.2 Å². The number of terminal acetylenes is 1. The van der Waals surface area contributed by atoms with Crippen molar-refractivity contribution < 1.29 is 9.53 Å². The fourth-order valence-corrected chi connectivity index (χ4v) is 1.79. The lowest BCUT2D eigenvalue weighted by molar-refractivity contribution is -0.139. The van der Waals surface area contributed by atoms with Gasteiger partial charge in [-0.2, -0.15) is 0 Å². The van der Waals surface area contributed by atoms with Gasteiger partial charge in [0.05, 0.1) is 24.7 Å². The number of rotatable bonds is 3. The van der Waals surface area contributed by atoms with E-state index in [1.54, 1.807) is 6.07 Å². The number of hydrogen-bond acceptors (Lipinski definition) is 3. The van der Waals surface area contributed by atoms with Crippen LogP contribution in [0.1, 0.15) is 5.56 Å². The summed E-state index contributed by atoms with van der Waals surface area (Å²) in [6.45, 7) is 0.192. The second-order valence-corrected chi connectivity index (χ2v) is 3.88. The van der Waals surface area contributed by atoms with E-state index in [4.69, 9.17) is 6.42 Å². The molecule has 0 aliphatic carbocycles. The number of nitrogens with zero attached hydrogens (tertiary/aromatic N) is 1. The van der Waals surface area contributed by atoms with Crippen LogP contribution in [-0.2, 0) is 22.5 Å². The molecule has 1 rings (SSSR count). The Morgan fingerprint density at radius 3 is 2.81 bits per heavy atom. The van der Waals surface area contributed by atoms with E-state index in [-0.39, 0.29) is 24.5 Å². The van der Waals surface area contributed by atoms with Crippen molar-refractivity contribution in [2.45, 2.75) is 13.0 Å². The Morgan fingerprint density at radius 2 is 2.31 bits per heavy atom. The lowest BCUT2D eigenvalue weighted by Crippen LogP contribution is -2.21. The maximum Gasteiger partial charge on any atom is 0.309 e. The highest BCUT2D eigenvalue weighted by Gasteiger charge is 2.07. The van der Waals surface area contributed by atoms with Crippen LogP contribution in [0, 0.1) is 12.3 Å². The lowest BCUT2D eigenvalue weighted by atomic mass is 10.2. The zero-order chi connectivity index (χ0) is 12.1. The molecule has 16 heavy (non-hydrogen) atoms. The zero-order valence-corrected chi connectivity index (χ0v) is 10.3. The third-order valence-corrected chi connectivity index (χ3v) is 2.62. The number of halogens is 1. The summed E-state index contributed by atoms with van der Waals surface area (Å²) in [6.07, 6.45) is 5.20. The normalized spacial score (nSPS) is 9.56. The Labute approximate surface area is 101 Å². The first-order valence-corrected chi connectivity index (χ1v) is 5.27. The molecule has 1 heterocycles. The quantitative estimate of drug-likeness (QED) is 0.472. The van der Waals surface area contributed by atoms with Crippen molar-refractivity contribution in [2.24, 2.45) is 0 Å². The lowest BCUT2D eigenvalue weighted by Gasteiger charge is -2.06. The molecule has 1 aromatic heterocycles. The van der Waals surface area contributed by atoms with Crippen molar-refractivity contribution in [3.63, 3.8) is 0 Å². The van der Waals surface area contributed by atoms with Crippen molar-refractivity contribution in [3.05, 3.63) is 32.7 Å². The summed E-state index contributed by atoms with van der Waals surface area (Å²) in [5.74, 6) is 1.99.